The van der Waals surface area contributed by atoms with Crippen LogP contribution in [0.3, 0.4) is 0 Å². The van der Waals surface area contributed by atoms with Crippen molar-refractivity contribution in [1.29, 1.82) is 0 Å². The fourth-order valence-corrected chi connectivity index (χ4v) is 3.34. The molecule has 1 saturated heterocycles. The maximum Gasteiger partial charge on any atom is 0.227 e. The zero-order valence-electron chi connectivity index (χ0n) is 14.8. The number of ether oxygens (including phenoxy) is 1. The number of nitrogens with one attached hydrogen (secondary N) is 1. The lowest BCUT2D eigenvalue weighted by molar-refractivity contribution is -0.121. The number of anilines is 1. The van der Waals surface area contributed by atoms with E-state index in [4.69, 9.17) is 4.74 Å². The van der Waals surface area contributed by atoms with Crippen LogP contribution in [0.15, 0.2) is 54.6 Å². The average molecular weight is 338 g/mol. The fourth-order valence-electron chi connectivity index (χ4n) is 3.34. The molecule has 1 aliphatic heterocycles. The minimum absolute atomic E-state index is 0.0955. The summed E-state index contributed by atoms with van der Waals surface area (Å²) in [5, 5.41) is 3.06. The molecule has 0 aromatic heterocycles. The molecule has 1 fully saturated rings. The average Bonchev–Trinajstić information content (AvgIpc) is 2.64. The molecular formula is C21H26N2O2. The van der Waals surface area contributed by atoms with Crippen molar-refractivity contribution in [2.45, 2.75) is 26.0 Å². The SMILES string of the molecule is COCc1cccc(NC(=O)C2CCN(Cc3ccccc3)CC2)c1. The van der Waals surface area contributed by atoms with Crippen LogP contribution >= 0.6 is 0 Å². The summed E-state index contributed by atoms with van der Waals surface area (Å²) in [5.74, 6) is 0.229. The monoisotopic (exact) mass is 338 g/mol. The molecule has 0 radical (unpaired) electrons. The maximum absolute atomic E-state index is 12.5. The molecule has 1 amide bonds. The van der Waals surface area contributed by atoms with Crippen molar-refractivity contribution in [3.05, 3.63) is 65.7 Å². The van der Waals surface area contributed by atoms with E-state index in [0.29, 0.717) is 6.61 Å². The summed E-state index contributed by atoms with van der Waals surface area (Å²) in [7, 11) is 1.68. The number of carbonyl (C=O) groups is 1. The predicted molar refractivity (Wildman–Crippen MR) is 100 cm³/mol. The lowest BCUT2D eigenvalue weighted by Gasteiger charge is -2.31. The highest BCUT2D eigenvalue weighted by Crippen LogP contribution is 2.21. The highest BCUT2D eigenvalue weighted by atomic mass is 16.5. The van der Waals surface area contributed by atoms with Crippen LogP contribution in [-0.2, 0) is 22.7 Å². The summed E-state index contributed by atoms with van der Waals surface area (Å²) in [6.45, 7) is 3.46. The lowest BCUT2D eigenvalue weighted by Crippen LogP contribution is -2.37. The lowest BCUT2D eigenvalue weighted by atomic mass is 9.95. The van der Waals surface area contributed by atoms with E-state index < -0.39 is 0 Å². The van der Waals surface area contributed by atoms with Crippen molar-refractivity contribution < 1.29 is 9.53 Å². The number of nitrogens with zero attached hydrogens (tertiary/aromatic N) is 1. The number of hydrogen-bond donors (Lipinski definition) is 1. The zero-order chi connectivity index (χ0) is 17.5. The van der Waals surface area contributed by atoms with Gasteiger partial charge in [-0.15, -0.1) is 0 Å². The Labute approximate surface area is 149 Å². The Balaban J connectivity index is 1.49. The van der Waals surface area contributed by atoms with Gasteiger partial charge in [0.05, 0.1) is 6.61 Å². The maximum atomic E-state index is 12.5. The molecule has 2 aromatic carbocycles. The van der Waals surface area contributed by atoms with Crippen molar-refractivity contribution >= 4 is 11.6 Å². The van der Waals surface area contributed by atoms with Gasteiger partial charge in [-0.1, -0.05) is 42.5 Å². The first-order valence-corrected chi connectivity index (χ1v) is 8.89. The smallest absolute Gasteiger partial charge is 0.227 e. The largest absolute Gasteiger partial charge is 0.380 e. The summed E-state index contributed by atoms with van der Waals surface area (Å²) in [5.41, 5.74) is 3.25. The molecule has 0 bridgehead atoms. The molecule has 2 aromatic rings. The quantitative estimate of drug-likeness (QED) is 0.873. The number of rotatable bonds is 6. The standard InChI is InChI=1S/C21H26N2O2/c1-25-16-18-8-5-9-20(14-18)22-21(24)19-10-12-23(13-11-19)15-17-6-3-2-4-7-17/h2-9,14,19H,10-13,15-16H2,1H3,(H,22,24). The van der Waals surface area contributed by atoms with Crippen LogP contribution in [0.5, 0.6) is 0 Å². The van der Waals surface area contributed by atoms with E-state index in [1.54, 1.807) is 7.11 Å². The van der Waals surface area contributed by atoms with Gasteiger partial charge in [-0.2, -0.15) is 0 Å². The molecule has 132 valence electrons. The van der Waals surface area contributed by atoms with Gasteiger partial charge in [0.15, 0.2) is 0 Å². The van der Waals surface area contributed by atoms with Crippen molar-refractivity contribution in [2.24, 2.45) is 5.92 Å². The predicted octanol–water partition coefficient (Wildman–Crippen LogP) is 3.68. The number of amides is 1. The molecule has 0 aliphatic carbocycles. The Morgan fingerprint density at radius 1 is 1.08 bits per heavy atom. The van der Waals surface area contributed by atoms with Gasteiger partial charge in [-0.05, 0) is 49.2 Å². The molecule has 4 heteroatoms. The second kappa shape index (κ2) is 8.79. The Hall–Kier alpha value is -2.17. The molecule has 25 heavy (non-hydrogen) atoms. The normalized spacial score (nSPS) is 15.9. The fraction of sp³-hybridized carbons (Fsp3) is 0.381. The zero-order valence-corrected chi connectivity index (χ0v) is 14.8. The van der Waals surface area contributed by atoms with Gasteiger partial charge >= 0.3 is 0 Å². The van der Waals surface area contributed by atoms with Gasteiger partial charge in [-0.3, -0.25) is 9.69 Å². The molecule has 1 heterocycles. The number of methoxy groups -OCH3 is 1. The molecular weight excluding hydrogens is 312 g/mol. The van der Waals surface area contributed by atoms with E-state index in [1.165, 1.54) is 5.56 Å². The summed E-state index contributed by atoms with van der Waals surface area (Å²) in [4.78, 5) is 15.0. The van der Waals surface area contributed by atoms with Gasteiger partial charge < -0.3 is 10.1 Å². The Kier molecular flexibility index (Phi) is 6.20. The van der Waals surface area contributed by atoms with E-state index in [2.05, 4.69) is 34.5 Å². The van der Waals surface area contributed by atoms with Crippen molar-refractivity contribution in [1.82, 2.24) is 4.90 Å². The van der Waals surface area contributed by atoms with Gasteiger partial charge in [0, 0.05) is 25.3 Å². The molecule has 3 rings (SSSR count). The van der Waals surface area contributed by atoms with E-state index in [-0.39, 0.29) is 11.8 Å². The van der Waals surface area contributed by atoms with E-state index in [9.17, 15) is 4.79 Å². The molecule has 0 atom stereocenters. The number of carbonyl (C=O) groups excluding carboxylic acids is 1. The van der Waals surface area contributed by atoms with E-state index in [1.807, 2.05) is 30.3 Å². The Morgan fingerprint density at radius 2 is 1.80 bits per heavy atom. The molecule has 1 N–H and O–H groups in total. The van der Waals surface area contributed by atoms with Crippen molar-refractivity contribution in [2.75, 3.05) is 25.5 Å². The van der Waals surface area contributed by atoms with Crippen LogP contribution < -0.4 is 5.32 Å². The number of likely N-dealkylation sites (tertiary alicyclic amines) is 1. The summed E-state index contributed by atoms with van der Waals surface area (Å²) >= 11 is 0. The van der Waals surface area contributed by atoms with Crippen molar-refractivity contribution in [3.63, 3.8) is 0 Å². The van der Waals surface area contributed by atoms with Gasteiger partial charge in [0.1, 0.15) is 0 Å². The number of hydrogen-bond acceptors (Lipinski definition) is 3. The second-order valence-corrected chi connectivity index (χ2v) is 6.66. The van der Waals surface area contributed by atoms with Crippen LogP contribution in [-0.4, -0.2) is 31.0 Å². The summed E-state index contributed by atoms with van der Waals surface area (Å²) in [6.07, 6.45) is 1.83. The van der Waals surface area contributed by atoms with Crippen LogP contribution in [0.1, 0.15) is 24.0 Å². The molecule has 0 saturated carbocycles. The third kappa shape index (κ3) is 5.15. The first kappa shape index (κ1) is 17.6. The molecule has 0 unspecified atom stereocenters. The third-order valence-corrected chi connectivity index (χ3v) is 4.71. The van der Waals surface area contributed by atoms with Crippen LogP contribution in [0.25, 0.3) is 0 Å². The first-order valence-electron chi connectivity index (χ1n) is 8.89. The minimum Gasteiger partial charge on any atom is -0.380 e. The van der Waals surface area contributed by atoms with Crippen LogP contribution in [0.4, 0.5) is 5.69 Å². The van der Waals surface area contributed by atoms with Crippen LogP contribution in [0, 0.1) is 5.92 Å². The Morgan fingerprint density at radius 3 is 2.52 bits per heavy atom. The van der Waals surface area contributed by atoms with E-state index >= 15 is 0 Å². The summed E-state index contributed by atoms with van der Waals surface area (Å²) in [6, 6.07) is 18.4. The topological polar surface area (TPSA) is 41.6 Å². The van der Waals surface area contributed by atoms with Gasteiger partial charge in [-0.25, -0.2) is 0 Å². The van der Waals surface area contributed by atoms with E-state index in [0.717, 1.165) is 43.7 Å². The second-order valence-electron chi connectivity index (χ2n) is 6.66. The molecule has 4 nitrogen and oxygen atoms in total. The van der Waals surface area contributed by atoms with Gasteiger partial charge in [0.2, 0.25) is 5.91 Å². The molecule has 1 aliphatic rings. The minimum atomic E-state index is 0.0955. The highest BCUT2D eigenvalue weighted by molar-refractivity contribution is 5.92. The third-order valence-electron chi connectivity index (χ3n) is 4.71. The number of benzene rings is 2. The first-order chi connectivity index (χ1) is 12.2. The van der Waals surface area contributed by atoms with Crippen LogP contribution in [0.2, 0.25) is 0 Å². The Bertz CT molecular complexity index is 679. The summed E-state index contributed by atoms with van der Waals surface area (Å²) < 4.78 is 5.15. The number of piperidine rings is 1. The molecule has 0 spiro atoms. The van der Waals surface area contributed by atoms with Crippen molar-refractivity contribution in [3.8, 4) is 0 Å². The van der Waals surface area contributed by atoms with Gasteiger partial charge in [0.25, 0.3) is 0 Å². The highest BCUT2D eigenvalue weighted by Gasteiger charge is 2.25.